The molecule has 0 aliphatic rings. The first-order valence-electron chi connectivity index (χ1n) is 6.56. The van der Waals surface area contributed by atoms with Gasteiger partial charge in [0.05, 0.1) is 0 Å². The smallest absolute Gasteiger partial charge is 0.0240 e. The number of hydrogen-bond acceptors (Lipinski definition) is 1. The van der Waals surface area contributed by atoms with Gasteiger partial charge < -0.3 is 5.32 Å². The van der Waals surface area contributed by atoms with Crippen LogP contribution in [0.5, 0.6) is 0 Å². The largest absolute Gasteiger partial charge is 0.313 e. The fourth-order valence-corrected chi connectivity index (χ4v) is 2.34. The maximum Gasteiger partial charge on any atom is 0.0240 e. The summed E-state index contributed by atoms with van der Waals surface area (Å²) in [7, 11) is 0. The molecule has 2 unspecified atom stereocenters. The number of hydrogen-bond donors (Lipinski definition) is 1. The predicted molar refractivity (Wildman–Crippen MR) is 73.4 cm³/mol. The fourth-order valence-electron chi connectivity index (χ4n) is 2.34. The maximum atomic E-state index is 5.41. The lowest BCUT2D eigenvalue weighted by Crippen LogP contribution is -2.31. The van der Waals surface area contributed by atoms with Gasteiger partial charge in [0.15, 0.2) is 0 Å². The summed E-state index contributed by atoms with van der Waals surface area (Å²) in [6, 6.07) is 0.502. The lowest BCUT2D eigenvalue weighted by molar-refractivity contribution is 0.275. The van der Waals surface area contributed by atoms with E-state index in [4.69, 9.17) is 6.42 Å². The van der Waals surface area contributed by atoms with Crippen LogP contribution in [-0.2, 0) is 0 Å². The molecule has 94 valence electrons. The molecular weight excluding hydrogens is 194 g/mol. The first-order valence-corrected chi connectivity index (χ1v) is 6.56. The van der Waals surface area contributed by atoms with Crippen molar-refractivity contribution in [1.29, 1.82) is 0 Å². The van der Waals surface area contributed by atoms with Crippen LogP contribution in [0.3, 0.4) is 0 Å². The highest BCUT2D eigenvalue weighted by atomic mass is 14.9. The first-order chi connectivity index (χ1) is 7.39. The number of terminal acetylenes is 1. The average molecular weight is 223 g/mol. The SMILES string of the molecule is C#CCC(CC(C)CC(C)(C)C)NCCC. The molecule has 1 heteroatoms. The molecule has 0 radical (unpaired) electrons. The van der Waals surface area contributed by atoms with Crippen LogP contribution in [0.1, 0.15) is 60.3 Å². The molecule has 0 aromatic rings. The first kappa shape index (κ1) is 15.5. The van der Waals surface area contributed by atoms with Crippen LogP contribution in [0, 0.1) is 23.7 Å². The van der Waals surface area contributed by atoms with Crippen molar-refractivity contribution in [2.45, 2.75) is 66.3 Å². The van der Waals surface area contributed by atoms with E-state index in [1.807, 2.05) is 0 Å². The minimum atomic E-state index is 0.421. The fraction of sp³-hybridized carbons (Fsp3) is 0.867. The van der Waals surface area contributed by atoms with Crippen LogP contribution in [0.2, 0.25) is 0 Å². The zero-order valence-corrected chi connectivity index (χ0v) is 11.8. The lowest BCUT2D eigenvalue weighted by atomic mass is 9.82. The van der Waals surface area contributed by atoms with Gasteiger partial charge in [0, 0.05) is 12.5 Å². The summed E-state index contributed by atoms with van der Waals surface area (Å²) < 4.78 is 0. The molecule has 16 heavy (non-hydrogen) atoms. The van der Waals surface area contributed by atoms with Crippen molar-refractivity contribution in [3.8, 4) is 12.3 Å². The molecule has 0 heterocycles. The standard InChI is InChI=1S/C15H29N/c1-7-9-14(16-10-8-2)11-13(3)12-15(4,5)6/h1,13-14,16H,8-12H2,2-6H3. The molecule has 0 aromatic carbocycles. The van der Waals surface area contributed by atoms with Crippen LogP contribution >= 0.6 is 0 Å². The van der Waals surface area contributed by atoms with Gasteiger partial charge in [-0.25, -0.2) is 0 Å². The van der Waals surface area contributed by atoms with Gasteiger partial charge in [-0.1, -0.05) is 34.6 Å². The Morgan fingerprint density at radius 2 is 1.94 bits per heavy atom. The van der Waals surface area contributed by atoms with Gasteiger partial charge in [0.25, 0.3) is 0 Å². The van der Waals surface area contributed by atoms with E-state index < -0.39 is 0 Å². The van der Waals surface area contributed by atoms with E-state index in [1.165, 1.54) is 19.3 Å². The Bertz CT molecular complexity index is 206. The second kappa shape index (κ2) is 7.74. The van der Waals surface area contributed by atoms with Crippen LogP contribution < -0.4 is 5.32 Å². The van der Waals surface area contributed by atoms with Crippen molar-refractivity contribution in [3.05, 3.63) is 0 Å². The molecule has 0 aromatic heterocycles. The van der Waals surface area contributed by atoms with Crippen molar-refractivity contribution >= 4 is 0 Å². The average Bonchev–Trinajstić information content (AvgIpc) is 2.11. The Morgan fingerprint density at radius 1 is 1.31 bits per heavy atom. The zero-order valence-electron chi connectivity index (χ0n) is 11.8. The molecule has 0 fully saturated rings. The second-order valence-electron chi connectivity index (χ2n) is 6.16. The van der Waals surface area contributed by atoms with Gasteiger partial charge in [-0.2, -0.15) is 0 Å². The maximum absolute atomic E-state index is 5.41. The molecule has 1 N–H and O–H groups in total. The summed E-state index contributed by atoms with van der Waals surface area (Å²) in [5, 5.41) is 3.54. The van der Waals surface area contributed by atoms with Crippen LogP contribution in [0.15, 0.2) is 0 Å². The van der Waals surface area contributed by atoms with Crippen molar-refractivity contribution in [2.75, 3.05) is 6.54 Å². The Labute approximate surface area is 102 Å². The summed E-state index contributed by atoms with van der Waals surface area (Å²) in [4.78, 5) is 0. The normalized spacial score (nSPS) is 15.5. The van der Waals surface area contributed by atoms with E-state index in [1.54, 1.807) is 0 Å². The zero-order chi connectivity index (χ0) is 12.6. The van der Waals surface area contributed by atoms with E-state index in [0.29, 0.717) is 11.5 Å². The summed E-state index contributed by atoms with van der Waals surface area (Å²) in [5.74, 6) is 3.52. The van der Waals surface area contributed by atoms with Crippen molar-refractivity contribution < 1.29 is 0 Å². The summed E-state index contributed by atoms with van der Waals surface area (Å²) in [6.45, 7) is 12.5. The van der Waals surface area contributed by atoms with Gasteiger partial charge in [-0.05, 0) is 37.1 Å². The molecule has 0 aliphatic carbocycles. The number of nitrogens with one attached hydrogen (secondary N) is 1. The Morgan fingerprint density at radius 3 is 2.38 bits per heavy atom. The topological polar surface area (TPSA) is 12.0 Å². The van der Waals surface area contributed by atoms with Gasteiger partial charge in [0.2, 0.25) is 0 Å². The third-order valence-corrected chi connectivity index (χ3v) is 2.69. The molecular formula is C15H29N. The van der Waals surface area contributed by atoms with Crippen LogP contribution in [0.25, 0.3) is 0 Å². The highest BCUT2D eigenvalue weighted by Crippen LogP contribution is 2.27. The minimum Gasteiger partial charge on any atom is -0.313 e. The molecule has 0 spiro atoms. The highest BCUT2D eigenvalue weighted by Gasteiger charge is 2.18. The Hall–Kier alpha value is -0.480. The summed E-state index contributed by atoms with van der Waals surface area (Å²) in [6.07, 6.45) is 9.91. The van der Waals surface area contributed by atoms with Crippen molar-refractivity contribution in [2.24, 2.45) is 11.3 Å². The van der Waals surface area contributed by atoms with Gasteiger partial charge in [0.1, 0.15) is 0 Å². The van der Waals surface area contributed by atoms with Crippen molar-refractivity contribution in [1.82, 2.24) is 5.32 Å². The van der Waals surface area contributed by atoms with E-state index in [9.17, 15) is 0 Å². The van der Waals surface area contributed by atoms with E-state index in [0.717, 1.165) is 18.9 Å². The predicted octanol–water partition coefficient (Wildman–Crippen LogP) is 3.84. The van der Waals surface area contributed by atoms with E-state index in [2.05, 4.69) is 45.9 Å². The van der Waals surface area contributed by atoms with Crippen molar-refractivity contribution in [3.63, 3.8) is 0 Å². The molecule has 0 bridgehead atoms. The van der Waals surface area contributed by atoms with E-state index >= 15 is 0 Å². The highest BCUT2D eigenvalue weighted by molar-refractivity contribution is 4.90. The van der Waals surface area contributed by atoms with Gasteiger partial charge in [-0.3, -0.25) is 0 Å². The molecule has 1 nitrogen and oxygen atoms in total. The second-order valence-corrected chi connectivity index (χ2v) is 6.16. The third-order valence-electron chi connectivity index (χ3n) is 2.69. The van der Waals surface area contributed by atoms with Gasteiger partial charge in [-0.15, -0.1) is 12.3 Å². The van der Waals surface area contributed by atoms with Crippen LogP contribution in [0.4, 0.5) is 0 Å². The summed E-state index contributed by atoms with van der Waals surface area (Å²) >= 11 is 0. The van der Waals surface area contributed by atoms with Crippen LogP contribution in [-0.4, -0.2) is 12.6 Å². The summed E-state index contributed by atoms with van der Waals surface area (Å²) in [5.41, 5.74) is 0.421. The Kier molecular flexibility index (Phi) is 7.51. The molecule has 0 rings (SSSR count). The number of rotatable bonds is 7. The monoisotopic (exact) mass is 223 g/mol. The molecule has 0 saturated carbocycles. The molecule has 0 saturated heterocycles. The lowest BCUT2D eigenvalue weighted by Gasteiger charge is -2.26. The quantitative estimate of drug-likeness (QED) is 0.647. The molecule has 0 aliphatic heterocycles. The molecule has 2 atom stereocenters. The Balaban J connectivity index is 4.02. The molecule has 0 amide bonds. The third kappa shape index (κ3) is 8.80. The minimum absolute atomic E-state index is 0.421. The van der Waals surface area contributed by atoms with Gasteiger partial charge >= 0.3 is 0 Å². The van der Waals surface area contributed by atoms with E-state index in [-0.39, 0.29) is 0 Å².